The highest BCUT2D eigenvalue weighted by Gasteiger charge is 2.16. The summed E-state index contributed by atoms with van der Waals surface area (Å²) < 4.78 is 46.4. The first-order valence-electron chi connectivity index (χ1n) is 8.91. The highest BCUT2D eigenvalue weighted by Crippen LogP contribution is 2.25. The molecule has 31 heavy (non-hydrogen) atoms. The van der Waals surface area contributed by atoms with Crippen LogP contribution in [0, 0.1) is 5.82 Å². The number of anilines is 2. The Morgan fingerprint density at radius 3 is 2.61 bits per heavy atom. The Labute approximate surface area is 180 Å². The second-order valence-electron chi connectivity index (χ2n) is 6.25. The molecule has 0 aliphatic heterocycles. The SMILES string of the molecule is O=C(COc1ccnc2c(F)cccc12)Nc1ccc(S(=O)(=O)Nc2nccs2)cc1. The van der Waals surface area contributed by atoms with Crippen LogP contribution in [0.1, 0.15) is 0 Å². The van der Waals surface area contributed by atoms with Gasteiger partial charge in [-0.3, -0.25) is 14.5 Å². The Kier molecular flexibility index (Phi) is 5.78. The molecule has 0 saturated heterocycles. The molecule has 158 valence electrons. The van der Waals surface area contributed by atoms with E-state index in [1.54, 1.807) is 17.5 Å². The Bertz CT molecular complexity index is 1330. The molecule has 0 spiro atoms. The Morgan fingerprint density at radius 2 is 1.87 bits per heavy atom. The molecule has 2 N–H and O–H groups in total. The summed E-state index contributed by atoms with van der Waals surface area (Å²) in [6.45, 7) is -0.318. The molecule has 0 aliphatic rings. The maximum Gasteiger partial charge on any atom is 0.263 e. The van der Waals surface area contributed by atoms with Crippen molar-refractivity contribution in [2.24, 2.45) is 0 Å². The summed E-state index contributed by atoms with van der Waals surface area (Å²) in [4.78, 5) is 20.1. The number of hydrogen-bond acceptors (Lipinski definition) is 7. The molecule has 2 aromatic heterocycles. The Hall–Kier alpha value is -3.57. The van der Waals surface area contributed by atoms with E-state index >= 15 is 0 Å². The lowest BCUT2D eigenvalue weighted by atomic mass is 10.2. The first-order chi connectivity index (χ1) is 14.9. The minimum atomic E-state index is -3.78. The van der Waals surface area contributed by atoms with E-state index in [0.29, 0.717) is 16.8 Å². The molecule has 0 bridgehead atoms. The molecular formula is C20H15FN4O4S2. The molecule has 0 aliphatic carbocycles. The fourth-order valence-corrected chi connectivity index (χ4v) is 4.53. The fraction of sp³-hybridized carbons (Fsp3) is 0.0500. The van der Waals surface area contributed by atoms with Crippen LogP contribution >= 0.6 is 11.3 Å². The molecule has 0 radical (unpaired) electrons. The summed E-state index contributed by atoms with van der Waals surface area (Å²) in [6.07, 6.45) is 2.89. The first-order valence-corrected chi connectivity index (χ1v) is 11.3. The average Bonchev–Trinajstić information content (AvgIpc) is 3.25. The largest absolute Gasteiger partial charge is 0.483 e. The number of nitrogens with zero attached hydrogens (tertiary/aromatic N) is 2. The number of thiazole rings is 1. The molecule has 0 atom stereocenters. The minimum Gasteiger partial charge on any atom is -0.483 e. The van der Waals surface area contributed by atoms with Gasteiger partial charge in [0.2, 0.25) is 0 Å². The van der Waals surface area contributed by atoms with Crippen LogP contribution in [-0.4, -0.2) is 30.9 Å². The van der Waals surface area contributed by atoms with Gasteiger partial charge in [-0.15, -0.1) is 11.3 Å². The number of hydrogen-bond donors (Lipinski definition) is 2. The second kappa shape index (κ2) is 8.66. The number of benzene rings is 2. The summed E-state index contributed by atoms with van der Waals surface area (Å²) in [6, 6.07) is 11.7. The number of pyridine rings is 1. The number of nitrogens with one attached hydrogen (secondary N) is 2. The van der Waals surface area contributed by atoms with E-state index in [9.17, 15) is 17.6 Å². The zero-order chi connectivity index (χ0) is 21.8. The van der Waals surface area contributed by atoms with Crippen LogP contribution in [0.25, 0.3) is 10.9 Å². The lowest BCUT2D eigenvalue weighted by molar-refractivity contribution is -0.118. The Morgan fingerprint density at radius 1 is 1.06 bits per heavy atom. The van der Waals surface area contributed by atoms with Crippen molar-refractivity contribution in [3.63, 3.8) is 0 Å². The van der Waals surface area contributed by atoms with Crippen molar-refractivity contribution >= 4 is 49.0 Å². The van der Waals surface area contributed by atoms with Crippen LogP contribution < -0.4 is 14.8 Å². The van der Waals surface area contributed by atoms with Crippen molar-refractivity contribution in [2.75, 3.05) is 16.6 Å². The van der Waals surface area contributed by atoms with Crippen LogP contribution in [0.2, 0.25) is 0 Å². The first kappa shape index (κ1) is 20.7. The van der Waals surface area contributed by atoms with Crippen LogP contribution in [0.3, 0.4) is 0 Å². The van der Waals surface area contributed by atoms with Gasteiger partial charge in [0.05, 0.1) is 4.90 Å². The van der Waals surface area contributed by atoms with Gasteiger partial charge in [-0.05, 0) is 42.5 Å². The number of amides is 1. The zero-order valence-electron chi connectivity index (χ0n) is 15.8. The fourth-order valence-electron chi connectivity index (χ4n) is 2.75. The number of carbonyl (C=O) groups excluding carboxylic acids is 1. The van der Waals surface area contributed by atoms with E-state index in [-0.39, 0.29) is 22.2 Å². The molecule has 1 amide bonds. The number of para-hydroxylation sites is 1. The van der Waals surface area contributed by atoms with Gasteiger partial charge in [-0.2, -0.15) is 0 Å². The van der Waals surface area contributed by atoms with E-state index in [1.165, 1.54) is 48.8 Å². The average molecular weight is 458 g/mol. The van der Waals surface area contributed by atoms with Crippen molar-refractivity contribution in [3.8, 4) is 5.75 Å². The summed E-state index contributed by atoms with van der Waals surface area (Å²) >= 11 is 1.16. The maximum absolute atomic E-state index is 13.8. The normalized spacial score (nSPS) is 11.3. The number of fused-ring (bicyclic) bond motifs is 1. The lowest BCUT2D eigenvalue weighted by Crippen LogP contribution is -2.20. The molecule has 0 saturated carbocycles. The number of halogens is 1. The number of carbonyl (C=O) groups is 1. The number of ether oxygens (including phenoxy) is 1. The van der Waals surface area contributed by atoms with Crippen LogP contribution in [0.15, 0.2) is 71.2 Å². The smallest absolute Gasteiger partial charge is 0.263 e. The third kappa shape index (κ3) is 4.78. The van der Waals surface area contributed by atoms with Gasteiger partial charge in [0.25, 0.3) is 15.9 Å². The van der Waals surface area contributed by atoms with Gasteiger partial charge in [-0.1, -0.05) is 6.07 Å². The summed E-state index contributed by atoms with van der Waals surface area (Å²) in [5.74, 6) is -0.612. The molecule has 2 heterocycles. The van der Waals surface area contributed by atoms with Crippen LogP contribution in [0.4, 0.5) is 15.2 Å². The second-order valence-corrected chi connectivity index (χ2v) is 8.83. The van der Waals surface area contributed by atoms with E-state index in [4.69, 9.17) is 4.74 Å². The van der Waals surface area contributed by atoms with Gasteiger partial charge in [-0.25, -0.2) is 17.8 Å². The molecule has 2 aromatic carbocycles. The van der Waals surface area contributed by atoms with E-state index in [1.807, 2.05) is 0 Å². The van der Waals surface area contributed by atoms with Crippen molar-refractivity contribution in [1.29, 1.82) is 0 Å². The zero-order valence-corrected chi connectivity index (χ0v) is 17.4. The third-order valence-corrected chi connectivity index (χ3v) is 6.32. The van der Waals surface area contributed by atoms with Gasteiger partial charge < -0.3 is 10.1 Å². The van der Waals surface area contributed by atoms with Gasteiger partial charge in [0, 0.05) is 28.8 Å². The predicted octanol–water partition coefficient (Wildman–Crippen LogP) is 3.65. The van der Waals surface area contributed by atoms with Crippen molar-refractivity contribution < 1.29 is 22.3 Å². The number of sulfonamides is 1. The summed E-state index contributed by atoms with van der Waals surface area (Å²) in [7, 11) is -3.78. The molecule has 4 rings (SSSR count). The third-order valence-electron chi connectivity index (χ3n) is 4.14. The molecule has 4 aromatic rings. The van der Waals surface area contributed by atoms with E-state index in [0.717, 1.165) is 11.3 Å². The van der Waals surface area contributed by atoms with Gasteiger partial charge in [0.1, 0.15) is 17.1 Å². The lowest BCUT2D eigenvalue weighted by Gasteiger charge is -2.10. The topological polar surface area (TPSA) is 110 Å². The van der Waals surface area contributed by atoms with Crippen molar-refractivity contribution in [2.45, 2.75) is 4.90 Å². The van der Waals surface area contributed by atoms with E-state index in [2.05, 4.69) is 20.0 Å². The number of aromatic nitrogens is 2. The summed E-state index contributed by atoms with van der Waals surface area (Å²) in [5.41, 5.74) is 0.552. The minimum absolute atomic E-state index is 0.0298. The van der Waals surface area contributed by atoms with Crippen LogP contribution in [-0.2, 0) is 14.8 Å². The highest BCUT2D eigenvalue weighted by atomic mass is 32.2. The molecule has 8 nitrogen and oxygen atoms in total. The van der Waals surface area contributed by atoms with Crippen molar-refractivity contribution in [3.05, 3.63) is 72.1 Å². The number of rotatable bonds is 7. The quantitative estimate of drug-likeness (QED) is 0.437. The highest BCUT2D eigenvalue weighted by molar-refractivity contribution is 7.93. The van der Waals surface area contributed by atoms with E-state index < -0.39 is 21.7 Å². The van der Waals surface area contributed by atoms with Crippen LogP contribution in [0.5, 0.6) is 5.75 Å². The maximum atomic E-state index is 13.8. The standard InChI is InChI=1S/C20H15FN4O4S2/c21-16-3-1-2-15-17(8-9-22-19(15)16)29-12-18(26)24-13-4-6-14(7-5-13)31(27,28)25-20-23-10-11-30-20/h1-11H,12H2,(H,23,25)(H,24,26). The molecule has 11 heteroatoms. The van der Waals surface area contributed by atoms with Crippen molar-refractivity contribution in [1.82, 2.24) is 9.97 Å². The molecule has 0 fully saturated rings. The predicted molar refractivity (Wildman–Crippen MR) is 115 cm³/mol. The van der Waals surface area contributed by atoms with Gasteiger partial charge >= 0.3 is 0 Å². The Balaban J connectivity index is 1.39. The van der Waals surface area contributed by atoms with Gasteiger partial charge in [0.15, 0.2) is 11.7 Å². The molecule has 0 unspecified atom stereocenters. The summed E-state index contributed by atoms with van der Waals surface area (Å²) in [5, 5.41) is 4.99. The monoisotopic (exact) mass is 458 g/mol. The molecular weight excluding hydrogens is 443 g/mol.